The van der Waals surface area contributed by atoms with Crippen LogP contribution in [0, 0.1) is 5.92 Å². The second kappa shape index (κ2) is 10.1. The fraction of sp³-hybridized carbons (Fsp3) is 0.692. The number of ether oxygens (including phenoxy) is 3. The third-order valence-electron chi connectivity index (χ3n) is 7.22. The van der Waals surface area contributed by atoms with Gasteiger partial charge in [-0.3, -0.25) is 4.79 Å². The SMILES string of the molecule is C[C@@H](C[C@H](O[Si](C)(C)C(C)(C)C)[C@H]1COC(C)(C)O1)C(=O)N1C(=O)OC[C@@H]1Cc1ccccc1. The minimum absolute atomic E-state index is 0.00696. The summed E-state index contributed by atoms with van der Waals surface area (Å²) < 4.78 is 24.0. The zero-order valence-corrected chi connectivity index (χ0v) is 22.9. The summed E-state index contributed by atoms with van der Waals surface area (Å²) in [5.74, 6) is -1.36. The lowest BCUT2D eigenvalue weighted by atomic mass is 9.97. The van der Waals surface area contributed by atoms with E-state index in [1.165, 1.54) is 4.90 Å². The molecular formula is C26H41NO6Si. The molecule has 2 heterocycles. The number of amides is 2. The van der Waals surface area contributed by atoms with E-state index in [1.807, 2.05) is 51.1 Å². The molecule has 0 N–H and O–H groups in total. The number of hydrogen-bond acceptors (Lipinski definition) is 6. The van der Waals surface area contributed by atoms with Crippen molar-refractivity contribution < 1.29 is 28.2 Å². The molecule has 2 aliphatic rings. The molecule has 0 aliphatic carbocycles. The second-order valence-corrected chi connectivity index (χ2v) is 16.3. The molecular weight excluding hydrogens is 450 g/mol. The van der Waals surface area contributed by atoms with Gasteiger partial charge in [-0.25, -0.2) is 9.69 Å². The standard InChI is InChI=1S/C26H41NO6Si/c1-18(23(28)27-20(16-30-24(27)29)15-19-12-10-9-11-13-19)14-21(22-17-31-26(5,6)32-22)33-34(7,8)25(2,3)4/h9-13,18,20-22H,14-17H2,1-8H3/t18-,20-,21-,22+/m0/s1. The number of benzene rings is 1. The predicted molar refractivity (Wildman–Crippen MR) is 133 cm³/mol. The topological polar surface area (TPSA) is 74.3 Å². The van der Waals surface area contributed by atoms with Gasteiger partial charge in [0.25, 0.3) is 0 Å². The molecule has 2 amide bonds. The number of carbonyl (C=O) groups is 2. The van der Waals surface area contributed by atoms with Crippen LogP contribution in [0.3, 0.4) is 0 Å². The average molecular weight is 492 g/mol. The van der Waals surface area contributed by atoms with Crippen molar-refractivity contribution in [2.24, 2.45) is 5.92 Å². The molecule has 0 radical (unpaired) electrons. The molecule has 0 saturated carbocycles. The molecule has 0 aromatic heterocycles. The van der Waals surface area contributed by atoms with E-state index in [9.17, 15) is 9.59 Å². The van der Waals surface area contributed by atoms with Gasteiger partial charge in [0.2, 0.25) is 5.91 Å². The van der Waals surface area contributed by atoms with Crippen LogP contribution in [0.5, 0.6) is 0 Å². The van der Waals surface area contributed by atoms with E-state index in [1.54, 1.807) is 0 Å². The molecule has 4 atom stereocenters. The molecule has 190 valence electrons. The Kier molecular flexibility index (Phi) is 7.97. The highest BCUT2D eigenvalue weighted by Gasteiger charge is 2.46. The molecule has 0 unspecified atom stereocenters. The Hall–Kier alpha value is -1.74. The van der Waals surface area contributed by atoms with Crippen LogP contribution >= 0.6 is 0 Å². The lowest BCUT2D eigenvalue weighted by Gasteiger charge is -2.41. The van der Waals surface area contributed by atoms with Crippen molar-refractivity contribution in [1.29, 1.82) is 0 Å². The van der Waals surface area contributed by atoms with E-state index in [2.05, 4.69) is 33.9 Å². The van der Waals surface area contributed by atoms with Gasteiger partial charge < -0.3 is 18.6 Å². The van der Waals surface area contributed by atoms with E-state index >= 15 is 0 Å². The maximum atomic E-state index is 13.5. The molecule has 0 bridgehead atoms. The third kappa shape index (κ3) is 6.27. The summed E-state index contributed by atoms with van der Waals surface area (Å²) >= 11 is 0. The second-order valence-electron chi connectivity index (χ2n) is 11.5. The van der Waals surface area contributed by atoms with Crippen LogP contribution in [-0.2, 0) is 29.9 Å². The first-order valence-electron chi connectivity index (χ1n) is 12.2. The zero-order chi connectivity index (χ0) is 25.3. The lowest BCUT2D eigenvalue weighted by Crippen LogP contribution is -2.50. The minimum atomic E-state index is -2.15. The normalized spacial score (nSPS) is 24.7. The van der Waals surface area contributed by atoms with Crippen LogP contribution in [0.4, 0.5) is 4.79 Å². The minimum Gasteiger partial charge on any atom is -0.447 e. The van der Waals surface area contributed by atoms with Gasteiger partial charge >= 0.3 is 6.09 Å². The fourth-order valence-electron chi connectivity index (χ4n) is 4.18. The van der Waals surface area contributed by atoms with Gasteiger partial charge in [0.1, 0.15) is 12.7 Å². The monoisotopic (exact) mass is 491 g/mol. The van der Waals surface area contributed by atoms with Gasteiger partial charge in [0.05, 0.1) is 18.8 Å². The van der Waals surface area contributed by atoms with Gasteiger partial charge in [-0.1, -0.05) is 58.0 Å². The number of cyclic esters (lactones) is 1. The molecule has 2 fully saturated rings. The molecule has 1 aromatic carbocycles. The molecule has 1 aromatic rings. The fourth-order valence-corrected chi connectivity index (χ4v) is 5.54. The predicted octanol–water partition coefficient (Wildman–Crippen LogP) is 5.14. The summed E-state index contributed by atoms with van der Waals surface area (Å²) in [5.41, 5.74) is 1.06. The van der Waals surface area contributed by atoms with Crippen molar-refractivity contribution in [3.63, 3.8) is 0 Å². The first-order chi connectivity index (χ1) is 15.7. The molecule has 2 saturated heterocycles. The van der Waals surface area contributed by atoms with E-state index in [4.69, 9.17) is 18.6 Å². The molecule has 7 nitrogen and oxygen atoms in total. The van der Waals surface area contributed by atoms with Crippen LogP contribution in [0.1, 0.15) is 53.5 Å². The molecule has 2 aliphatic heterocycles. The first kappa shape index (κ1) is 26.9. The van der Waals surface area contributed by atoms with E-state index in [0.29, 0.717) is 19.4 Å². The van der Waals surface area contributed by atoms with Gasteiger partial charge in [0.15, 0.2) is 14.1 Å². The van der Waals surface area contributed by atoms with Crippen molar-refractivity contribution in [3.8, 4) is 0 Å². The Morgan fingerprint density at radius 1 is 1.21 bits per heavy atom. The van der Waals surface area contributed by atoms with Gasteiger partial charge in [0, 0.05) is 5.92 Å². The van der Waals surface area contributed by atoms with E-state index in [0.717, 1.165) is 5.56 Å². The number of nitrogens with zero attached hydrogens (tertiary/aromatic N) is 1. The Balaban J connectivity index is 1.75. The van der Waals surface area contributed by atoms with Crippen molar-refractivity contribution in [1.82, 2.24) is 4.90 Å². The smallest absolute Gasteiger partial charge is 0.416 e. The Bertz CT molecular complexity index is 866. The van der Waals surface area contributed by atoms with Crippen LogP contribution in [0.15, 0.2) is 30.3 Å². The summed E-state index contributed by atoms with van der Waals surface area (Å²) in [5, 5.41) is 0.00696. The van der Waals surface area contributed by atoms with Crippen molar-refractivity contribution in [2.75, 3.05) is 13.2 Å². The van der Waals surface area contributed by atoms with Crippen molar-refractivity contribution in [2.45, 2.75) is 96.6 Å². The molecule has 34 heavy (non-hydrogen) atoms. The Morgan fingerprint density at radius 3 is 2.41 bits per heavy atom. The van der Waals surface area contributed by atoms with E-state index < -0.39 is 26.1 Å². The van der Waals surface area contributed by atoms with Crippen LogP contribution in [-0.4, -0.2) is 62.5 Å². The summed E-state index contributed by atoms with van der Waals surface area (Å²) in [7, 11) is -2.15. The highest BCUT2D eigenvalue weighted by Crippen LogP contribution is 2.40. The Morgan fingerprint density at radius 2 is 1.85 bits per heavy atom. The third-order valence-corrected chi connectivity index (χ3v) is 11.7. The summed E-state index contributed by atoms with van der Waals surface area (Å²) in [4.78, 5) is 27.3. The van der Waals surface area contributed by atoms with Crippen LogP contribution in [0.25, 0.3) is 0 Å². The maximum absolute atomic E-state index is 13.5. The quantitative estimate of drug-likeness (QED) is 0.469. The summed E-state index contributed by atoms with van der Waals surface area (Å²) in [6.07, 6.45) is -0.140. The summed E-state index contributed by atoms with van der Waals surface area (Å²) in [6, 6.07) is 9.54. The van der Waals surface area contributed by atoms with Gasteiger partial charge in [-0.05, 0) is 50.4 Å². The zero-order valence-electron chi connectivity index (χ0n) is 21.9. The number of hydrogen-bond donors (Lipinski definition) is 0. The highest BCUT2D eigenvalue weighted by molar-refractivity contribution is 6.74. The molecule has 8 heteroatoms. The van der Waals surface area contributed by atoms with Crippen LogP contribution < -0.4 is 0 Å². The average Bonchev–Trinajstić information content (AvgIpc) is 3.28. The van der Waals surface area contributed by atoms with Crippen molar-refractivity contribution >= 4 is 20.3 Å². The maximum Gasteiger partial charge on any atom is 0.416 e. The number of imide groups is 1. The van der Waals surface area contributed by atoms with Crippen LogP contribution in [0.2, 0.25) is 18.1 Å². The first-order valence-corrected chi connectivity index (χ1v) is 15.1. The lowest BCUT2D eigenvalue weighted by molar-refractivity contribution is -0.152. The van der Waals surface area contributed by atoms with Gasteiger partial charge in [-0.2, -0.15) is 0 Å². The van der Waals surface area contributed by atoms with Crippen molar-refractivity contribution in [3.05, 3.63) is 35.9 Å². The van der Waals surface area contributed by atoms with E-state index in [-0.39, 0.29) is 35.8 Å². The Labute approximate surface area is 205 Å². The largest absolute Gasteiger partial charge is 0.447 e. The van der Waals surface area contributed by atoms with Gasteiger partial charge in [-0.15, -0.1) is 0 Å². The molecule has 3 rings (SSSR count). The summed E-state index contributed by atoms with van der Waals surface area (Å²) in [6.45, 7) is 17.2. The molecule has 0 spiro atoms. The highest BCUT2D eigenvalue weighted by atomic mass is 28.4. The number of rotatable bonds is 8. The number of carbonyl (C=O) groups excluding carboxylic acids is 2.